The highest BCUT2D eigenvalue weighted by atomic mass is 127. The Morgan fingerprint density at radius 3 is 2.79 bits per heavy atom. The molecule has 1 saturated carbocycles. The third-order valence-electron chi connectivity index (χ3n) is 4.54. The fourth-order valence-corrected chi connectivity index (χ4v) is 3.88. The molecular weight excluding hydrogens is 485 g/mol. The zero-order chi connectivity index (χ0) is 18.9. The molecule has 0 atom stereocenters. The first-order valence-corrected chi connectivity index (χ1v) is 10.7. The van der Waals surface area contributed by atoms with Gasteiger partial charge in [0.15, 0.2) is 5.96 Å². The smallest absolute Gasteiger partial charge is 0.218 e. The van der Waals surface area contributed by atoms with Crippen LogP contribution in [0.4, 0.5) is 0 Å². The van der Waals surface area contributed by atoms with Crippen LogP contribution in [-0.4, -0.2) is 28.6 Å². The molecule has 3 rings (SSSR count). The predicted octanol–water partition coefficient (Wildman–Crippen LogP) is 4.30. The van der Waals surface area contributed by atoms with E-state index in [1.165, 1.54) is 17.7 Å². The van der Waals surface area contributed by atoms with Crippen LogP contribution >= 0.6 is 35.3 Å². The molecule has 28 heavy (non-hydrogen) atoms. The van der Waals surface area contributed by atoms with Crippen LogP contribution in [0.1, 0.15) is 55.0 Å². The van der Waals surface area contributed by atoms with Gasteiger partial charge in [-0.1, -0.05) is 13.0 Å². The van der Waals surface area contributed by atoms with Gasteiger partial charge in [0.05, 0.1) is 13.1 Å². The molecule has 1 fully saturated rings. The standard InChI is InChI=1S/C20H29N5OS.HI/c1-3-17-13-23-18(27-17)14-25-20(21-4-2)24-12-15-8-7-11-22-19(15)26-16-9-5-6-10-16;/h7-8,11,13,16H,3-6,9-10,12,14H2,1-2H3,(H2,21,24,25);1H. The molecule has 0 amide bonds. The predicted molar refractivity (Wildman–Crippen MR) is 126 cm³/mol. The molecule has 0 radical (unpaired) electrons. The zero-order valence-electron chi connectivity index (χ0n) is 16.6. The SMILES string of the molecule is CCNC(=NCc1cccnc1OC1CCCC1)NCc1ncc(CC)s1.I. The number of guanidine groups is 1. The van der Waals surface area contributed by atoms with Gasteiger partial charge in [-0.3, -0.25) is 0 Å². The summed E-state index contributed by atoms with van der Waals surface area (Å²) in [7, 11) is 0. The summed E-state index contributed by atoms with van der Waals surface area (Å²) in [6.45, 7) is 6.23. The minimum Gasteiger partial charge on any atom is -0.474 e. The van der Waals surface area contributed by atoms with Crippen molar-refractivity contribution in [3.63, 3.8) is 0 Å². The van der Waals surface area contributed by atoms with E-state index >= 15 is 0 Å². The van der Waals surface area contributed by atoms with Crippen molar-refractivity contribution < 1.29 is 4.74 Å². The highest BCUT2D eigenvalue weighted by Gasteiger charge is 2.18. The molecule has 2 aromatic heterocycles. The molecule has 0 aliphatic heterocycles. The second kappa shape index (κ2) is 12.2. The molecule has 2 aromatic rings. The van der Waals surface area contributed by atoms with Gasteiger partial charge < -0.3 is 15.4 Å². The summed E-state index contributed by atoms with van der Waals surface area (Å²) in [6, 6.07) is 3.98. The second-order valence-electron chi connectivity index (χ2n) is 6.61. The molecular formula is C20H30IN5OS. The van der Waals surface area contributed by atoms with Crippen LogP contribution in [0.25, 0.3) is 0 Å². The lowest BCUT2D eigenvalue weighted by Crippen LogP contribution is -2.36. The third-order valence-corrected chi connectivity index (χ3v) is 5.68. The lowest BCUT2D eigenvalue weighted by atomic mass is 10.2. The number of nitrogens with zero attached hydrogens (tertiary/aromatic N) is 3. The minimum absolute atomic E-state index is 0. The van der Waals surface area contributed by atoms with Gasteiger partial charge in [0.1, 0.15) is 11.1 Å². The Bertz CT molecular complexity index is 746. The van der Waals surface area contributed by atoms with E-state index in [1.54, 1.807) is 17.5 Å². The molecule has 8 heteroatoms. The number of hydrogen-bond donors (Lipinski definition) is 2. The topological polar surface area (TPSA) is 71.4 Å². The van der Waals surface area contributed by atoms with E-state index in [-0.39, 0.29) is 24.0 Å². The van der Waals surface area contributed by atoms with Crippen molar-refractivity contribution in [2.75, 3.05) is 6.54 Å². The molecule has 154 valence electrons. The fourth-order valence-electron chi connectivity index (χ4n) is 3.07. The number of thiazole rings is 1. The van der Waals surface area contributed by atoms with E-state index < -0.39 is 0 Å². The quantitative estimate of drug-likeness (QED) is 0.312. The van der Waals surface area contributed by atoms with Crippen molar-refractivity contribution >= 4 is 41.3 Å². The van der Waals surface area contributed by atoms with Gasteiger partial charge in [0.25, 0.3) is 0 Å². The molecule has 0 aromatic carbocycles. The van der Waals surface area contributed by atoms with Crippen molar-refractivity contribution in [2.24, 2.45) is 4.99 Å². The summed E-state index contributed by atoms with van der Waals surface area (Å²) in [5, 5.41) is 7.73. The molecule has 6 nitrogen and oxygen atoms in total. The van der Waals surface area contributed by atoms with E-state index in [9.17, 15) is 0 Å². The summed E-state index contributed by atoms with van der Waals surface area (Å²) >= 11 is 1.74. The Kier molecular flexibility index (Phi) is 9.97. The summed E-state index contributed by atoms with van der Waals surface area (Å²) < 4.78 is 6.11. The van der Waals surface area contributed by atoms with Gasteiger partial charge in [0.2, 0.25) is 5.88 Å². The van der Waals surface area contributed by atoms with Crippen LogP contribution < -0.4 is 15.4 Å². The number of pyridine rings is 1. The van der Waals surface area contributed by atoms with Crippen LogP contribution in [-0.2, 0) is 19.5 Å². The van der Waals surface area contributed by atoms with Crippen LogP contribution in [0.15, 0.2) is 29.5 Å². The number of aromatic nitrogens is 2. The summed E-state index contributed by atoms with van der Waals surface area (Å²) in [5.41, 5.74) is 1.02. The van der Waals surface area contributed by atoms with Crippen LogP contribution in [0.3, 0.4) is 0 Å². The van der Waals surface area contributed by atoms with Crippen molar-refractivity contribution in [3.05, 3.63) is 40.0 Å². The summed E-state index contributed by atoms with van der Waals surface area (Å²) in [6.07, 6.45) is 9.80. The molecule has 0 unspecified atom stereocenters. The molecule has 0 bridgehead atoms. The molecule has 1 aliphatic rings. The fraction of sp³-hybridized carbons (Fsp3) is 0.550. The van der Waals surface area contributed by atoms with Gasteiger partial charge in [0, 0.05) is 29.4 Å². The first kappa shape index (κ1) is 22.9. The van der Waals surface area contributed by atoms with Crippen molar-refractivity contribution in [2.45, 2.75) is 65.1 Å². The number of rotatable bonds is 8. The largest absolute Gasteiger partial charge is 0.474 e. The first-order chi connectivity index (χ1) is 13.3. The molecule has 2 N–H and O–H groups in total. The number of halogens is 1. The van der Waals surface area contributed by atoms with E-state index in [0.717, 1.165) is 48.2 Å². The summed E-state index contributed by atoms with van der Waals surface area (Å²) in [4.78, 5) is 14.9. The van der Waals surface area contributed by atoms with Crippen molar-refractivity contribution in [1.29, 1.82) is 0 Å². The van der Waals surface area contributed by atoms with E-state index in [0.29, 0.717) is 19.2 Å². The van der Waals surface area contributed by atoms with Gasteiger partial charge in [-0.25, -0.2) is 15.0 Å². The number of nitrogens with one attached hydrogen (secondary N) is 2. The maximum Gasteiger partial charge on any atom is 0.218 e. The Hall–Kier alpha value is -1.42. The Morgan fingerprint density at radius 2 is 2.07 bits per heavy atom. The average Bonchev–Trinajstić information content (AvgIpc) is 3.37. The number of aryl methyl sites for hydroxylation is 1. The Balaban J connectivity index is 0.00000280. The maximum atomic E-state index is 6.11. The Morgan fingerprint density at radius 1 is 1.25 bits per heavy atom. The van der Waals surface area contributed by atoms with Gasteiger partial charge in [-0.2, -0.15) is 0 Å². The molecule has 2 heterocycles. The molecule has 0 spiro atoms. The van der Waals surface area contributed by atoms with E-state index in [4.69, 9.17) is 9.73 Å². The van der Waals surface area contributed by atoms with E-state index in [2.05, 4.69) is 34.4 Å². The van der Waals surface area contributed by atoms with Gasteiger partial charge >= 0.3 is 0 Å². The van der Waals surface area contributed by atoms with Crippen LogP contribution in [0.5, 0.6) is 5.88 Å². The van der Waals surface area contributed by atoms with Crippen molar-refractivity contribution in [3.8, 4) is 5.88 Å². The number of aliphatic imine (C=N–C) groups is 1. The average molecular weight is 515 g/mol. The van der Waals surface area contributed by atoms with E-state index in [1.807, 2.05) is 18.3 Å². The number of hydrogen-bond acceptors (Lipinski definition) is 5. The normalized spacial score (nSPS) is 14.6. The minimum atomic E-state index is 0. The first-order valence-electron chi connectivity index (χ1n) is 9.84. The van der Waals surface area contributed by atoms with Gasteiger partial charge in [-0.05, 0) is 45.1 Å². The zero-order valence-corrected chi connectivity index (χ0v) is 19.8. The van der Waals surface area contributed by atoms with Gasteiger partial charge in [-0.15, -0.1) is 35.3 Å². The van der Waals surface area contributed by atoms with Crippen LogP contribution in [0.2, 0.25) is 0 Å². The lowest BCUT2D eigenvalue weighted by Gasteiger charge is -2.15. The van der Waals surface area contributed by atoms with Crippen LogP contribution in [0, 0.1) is 0 Å². The molecule has 1 aliphatic carbocycles. The highest BCUT2D eigenvalue weighted by molar-refractivity contribution is 14.0. The second-order valence-corrected chi connectivity index (χ2v) is 7.81. The monoisotopic (exact) mass is 515 g/mol. The maximum absolute atomic E-state index is 6.11. The van der Waals surface area contributed by atoms with Crippen molar-refractivity contribution in [1.82, 2.24) is 20.6 Å². The summed E-state index contributed by atoms with van der Waals surface area (Å²) in [5.74, 6) is 1.50. The third kappa shape index (κ3) is 6.88. The Labute approximate surface area is 188 Å². The molecule has 0 saturated heterocycles. The lowest BCUT2D eigenvalue weighted by molar-refractivity contribution is 0.199. The number of ether oxygens (including phenoxy) is 1. The highest BCUT2D eigenvalue weighted by Crippen LogP contribution is 2.25.